The first-order valence-corrected chi connectivity index (χ1v) is 12.1. The topological polar surface area (TPSA) is 81.5 Å². The quantitative estimate of drug-likeness (QED) is 0.583. The van der Waals surface area contributed by atoms with Crippen LogP contribution < -0.4 is 14.4 Å². The van der Waals surface area contributed by atoms with Crippen LogP contribution in [0.15, 0.2) is 29.3 Å². The standard InChI is InChI=1S/C25H33N5O4/c1-31-21-4-2-19-3-5-23(22(19)17-21)26-18-20-16-24(30-9-13-33-14-10-30)28-25(27-20)34-15-8-29-6-11-32-12-7-29/h2,4,16-17H,3,5-15,18H2,1H3. The zero-order valence-corrected chi connectivity index (χ0v) is 19.9. The van der Waals surface area contributed by atoms with Crippen LogP contribution in [0.3, 0.4) is 0 Å². The number of rotatable bonds is 8. The summed E-state index contributed by atoms with van der Waals surface area (Å²) in [5, 5.41) is 0. The maximum absolute atomic E-state index is 6.01. The average molecular weight is 468 g/mol. The van der Waals surface area contributed by atoms with Crippen LogP contribution in [0.1, 0.15) is 23.2 Å². The highest BCUT2D eigenvalue weighted by Crippen LogP contribution is 2.27. The van der Waals surface area contributed by atoms with Gasteiger partial charge in [-0.3, -0.25) is 9.89 Å². The van der Waals surface area contributed by atoms with E-state index in [1.54, 1.807) is 7.11 Å². The number of benzene rings is 1. The Morgan fingerprint density at radius 1 is 0.971 bits per heavy atom. The van der Waals surface area contributed by atoms with Gasteiger partial charge in [0, 0.05) is 50.1 Å². The molecule has 1 aliphatic carbocycles. The van der Waals surface area contributed by atoms with E-state index < -0.39 is 0 Å². The summed E-state index contributed by atoms with van der Waals surface area (Å²) in [6, 6.07) is 8.69. The number of nitrogens with zero attached hydrogens (tertiary/aromatic N) is 5. The van der Waals surface area contributed by atoms with Crippen molar-refractivity contribution in [2.75, 3.05) is 77.8 Å². The minimum Gasteiger partial charge on any atom is -0.497 e. The van der Waals surface area contributed by atoms with E-state index in [-0.39, 0.29) is 0 Å². The Bertz CT molecular complexity index is 1000. The molecular weight excluding hydrogens is 434 g/mol. The molecule has 3 aliphatic rings. The Morgan fingerprint density at radius 2 is 1.76 bits per heavy atom. The number of ether oxygens (including phenoxy) is 4. The molecule has 0 spiro atoms. The van der Waals surface area contributed by atoms with E-state index in [1.165, 1.54) is 11.1 Å². The molecule has 2 saturated heterocycles. The van der Waals surface area contributed by atoms with Crippen molar-refractivity contribution in [3.05, 3.63) is 41.1 Å². The first kappa shape index (κ1) is 23.0. The summed E-state index contributed by atoms with van der Waals surface area (Å²) in [5.41, 5.74) is 4.48. The fourth-order valence-corrected chi connectivity index (χ4v) is 4.55. The van der Waals surface area contributed by atoms with E-state index in [2.05, 4.69) is 21.9 Å². The number of hydrogen-bond donors (Lipinski definition) is 0. The second-order valence-electron chi connectivity index (χ2n) is 8.69. The Balaban J connectivity index is 1.31. The van der Waals surface area contributed by atoms with E-state index >= 15 is 0 Å². The molecule has 2 aromatic rings. The molecule has 9 nitrogen and oxygen atoms in total. The van der Waals surface area contributed by atoms with Crippen LogP contribution in [0.5, 0.6) is 11.8 Å². The van der Waals surface area contributed by atoms with Crippen LogP contribution in [0.2, 0.25) is 0 Å². The van der Waals surface area contributed by atoms with Crippen molar-refractivity contribution in [1.29, 1.82) is 0 Å². The predicted octanol–water partition coefficient (Wildman–Crippen LogP) is 1.97. The van der Waals surface area contributed by atoms with Crippen molar-refractivity contribution >= 4 is 11.5 Å². The summed E-state index contributed by atoms with van der Waals surface area (Å²) in [6.07, 6.45) is 1.95. The lowest BCUT2D eigenvalue weighted by Gasteiger charge is -2.28. The second kappa shape index (κ2) is 11.1. The lowest BCUT2D eigenvalue weighted by atomic mass is 10.1. The molecule has 34 heavy (non-hydrogen) atoms. The molecule has 0 saturated carbocycles. The molecule has 5 rings (SSSR count). The van der Waals surface area contributed by atoms with Crippen LogP contribution >= 0.6 is 0 Å². The number of fused-ring (bicyclic) bond motifs is 1. The van der Waals surface area contributed by atoms with Gasteiger partial charge in [0.25, 0.3) is 0 Å². The number of methoxy groups -OCH3 is 1. The minimum absolute atomic E-state index is 0.418. The monoisotopic (exact) mass is 467 g/mol. The average Bonchev–Trinajstić information content (AvgIpc) is 3.30. The highest BCUT2D eigenvalue weighted by atomic mass is 16.5. The van der Waals surface area contributed by atoms with Gasteiger partial charge in [-0.25, -0.2) is 0 Å². The Labute approximate surface area is 200 Å². The highest BCUT2D eigenvalue weighted by molar-refractivity contribution is 6.04. The lowest BCUT2D eigenvalue weighted by Crippen LogP contribution is -2.39. The van der Waals surface area contributed by atoms with Crippen molar-refractivity contribution in [3.63, 3.8) is 0 Å². The third-order valence-corrected chi connectivity index (χ3v) is 6.51. The first-order valence-electron chi connectivity index (χ1n) is 12.1. The van der Waals surface area contributed by atoms with Crippen LogP contribution in [0.4, 0.5) is 5.82 Å². The number of aryl methyl sites for hydroxylation is 1. The Morgan fingerprint density at radius 3 is 2.56 bits per heavy atom. The molecular formula is C25H33N5O4. The Hall–Kier alpha value is -2.75. The molecule has 9 heteroatoms. The van der Waals surface area contributed by atoms with E-state index in [4.69, 9.17) is 33.9 Å². The summed E-state index contributed by atoms with van der Waals surface area (Å²) in [5.74, 6) is 1.74. The molecule has 1 aromatic carbocycles. The zero-order chi connectivity index (χ0) is 23.2. The molecule has 0 radical (unpaired) electrons. The minimum atomic E-state index is 0.418. The maximum Gasteiger partial charge on any atom is 0.318 e. The number of morpholine rings is 2. The third-order valence-electron chi connectivity index (χ3n) is 6.51. The van der Waals surface area contributed by atoms with Crippen LogP contribution in [0.25, 0.3) is 0 Å². The molecule has 2 aliphatic heterocycles. The molecule has 0 atom stereocenters. The van der Waals surface area contributed by atoms with Crippen LogP contribution in [-0.4, -0.2) is 93.4 Å². The van der Waals surface area contributed by atoms with E-state index in [1.807, 2.05) is 12.1 Å². The molecule has 3 heterocycles. The normalized spacial score (nSPS) is 19.9. The molecule has 0 N–H and O–H groups in total. The van der Waals surface area contributed by atoms with Gasteiger partial charge in [-0.2, -0.15) is 9.97 Å². The molecule has 182 valence electrons. The molecule has 0 bridgehead atoms. The van der Waals surface area contributed by atoms with Gasteiger partial charge in [0.2, 0.25) is 0 Å². The molecule has 2 fully saturated rings. The van der Waals surface area contributed by atoms with Gasteiger partial charge in [0.05, 0.1) is 45.8 Å². The Kier molecular flexibility index (Phi) is 7.52. The summed E-state index contributed by atoms with van der Waals surface area (Å²) in [4.78, 5) is 18.9. The summed E-state index contributed by atoms with van der Waals surface area (Å²) in [6.45, 7) is 8.34. The molecule has 0 amide bonds. The van der Waals surface area contributed by atoms with E-state index in [0.29, 0.717) is 32.4 Å². The summed E-state index contributed by atoms with van der Waals surface area (Å²) < 4.78 is 22.4. The van der Waals surface area contributed by atoms with E-state index in [9.17, 15) is 0 Å². The number of aromatic nitrogens is 2. The van der Waals surface area contributed by atoms with Crippen molar-refractivity contribution in [2.24, 2.45) is 4.99 Å². The summed E-state index contributed by atoms with van der Waals surface area (Å²) >= 11 is 0. The number of hydrogen-bond acceptors (Lipinski definition) is 9. The van der Waals surface area contributed by atoms with Crippen molar-refractivity contribution in [1.82, 2.24) is 14.9 Å². The van der Waals surface area contributed by atoms with Crippen molar-refractivity contribution in [3.8, 4) is 11.8 Å². The fraction of sp³-hybridized carbons (Fsp3) is 0.560. The van der Waals surface area contributed by atoms with Gasteiger partial charge >= 0.3 is 6.01 Å². The van der Waals surface area contributed by atoms with Gasteiger partial charge in [0.15, 0.2) is 0 Å². The zero-order valence-electron chi connectivity index (χ0n) is 19.9. The second-order valence-corrected chi connectivity index (χ2v) is 8.69. The molecule has 0 unspecified atom stereocenters. The van der Waals surface area contributed by atoms with Crippen LogP contribution in [-0.2, 0) is 22.4 Å². The van der Waals surface area contributed by atoms with Gasteiger partial charge in [-0.05, 0) is 30.5 Å². The SMILES string of the molecule is COc1ccc2c(c1)C(=NCc1cc(N3CCOCC3)nc(OCCN3CCOCC3)n1)CC2. The molecule has 1 aromatic heterocycles. The van der Waals surface area contributed by atoms with E-state index in [0.717, 1.165) is 81.8 Å². The van der Waals surface area contributed by atoms with Crippen LogP contribution in [0, 0.1) is 0 Å². The summed E-state index contributed by atoms with van der Waals surface area (Å²) in [7, 11) is 1.70. The smallest absolute Gasteiger partial charge is 0.318 e. The number of aliphatic imine (C=N–C) groups is 1. The predicted molar refractivity (Wildman–Crippen MR) is 129 cm³/mol. The van der Waals surface area contributed by atoms with Gasteiger partial charge in [-0.1, -0.05) is 6.07 Å². The van der Waals surface area contributed by atoms with Gasteiger partial charge in [0.1, 0.15) is 18.2 Å². The van der Waals surface area contributed by atoms with Gasteiger partial charge in [-0.15, -0.1) is 0 Å². The lowest BCUT2D eigenvalue weighted by molar-refractivity contribution is 0.0317. The highest BCUT2D eigenvalue weighted by Gasteiger charge is 2.20. The van der Waals surface area contributed by atoms with Gasteiger partial charge < -0.3 is 23.8 Å². The first-order chi connectivity index (χ1) is 16.8. The fourth-order valence-electron chi connectivity index (χ4n) is 4.55. The third kappa shape index (κ3) is 5.65. The maximum atomic E-state index is 6.01. The largest absolute Gasteiger partial charge is 0.497 e. The van der Waals surface area contributed by atoms with Crippen molar-refractivity contribution < 1.29 is 18.9 Å². The number of anilines is 1. The van der Waals surface area contributed by atoms with Crippen molar-refractivity contribution in [2.45, 2.75) is 19.4 Å².